The summed E-state index contributed by atoms with van der Waals surface area (Å²) >= 11 is 0. The predicted molar refractivity (Wildman–Crippen MR) is 164 cm³/mol. The number of nitrogens with one attached hydrogen (secondary N) is 2. The highest BCUT2D eigenvalue weighted by Gasteiger charge is 2.31. The number of anilines is 2. The number of carbonyl (C=O) groups excluding carboxylic acids is 1. The Bertz CT molecular complexity index is 1500. The average molecular weight is 596 g/mol. The third kappa shape index (κ3) is 7.64. The van der Waals surface area contributed by atoms with Crippen LogP contribution in [-0.4, -0.2) is 66.5 Å². The first-order chi connectivity index (χ1) is 20.6. The summed E-state index contributed by atoms with van der Waals surface area (Å²) in [4.78, 5) is 14.0. The Hall–Kier alpha value is -3.68. The standard InChI is InChI=1S/C33H40F3N5O2/c1-22-18-24(12-15-28(22)32(37)42)38-16-4-6-26-19-29-30(8-3-9-31(29)41(26)21-33(34,35)36)39-23-10-13-25(14-11-23)40-17-5-7-27(20-40)43-2/h3,8-9,12,15,18-19,23,25,27,38-39H,5,7,10-11,13-14,16-17,20-21H2,1-2H3,(H2,37,42). The minimum absolute atomic E-state index is 0.222. The van der Waals surface area contributed by atoms with E-state index in [4.69, 9.17) is 10.5 Å². The van der Waals surface area contributed by atoms with Crippen LogP contribution in [0.1, 0.15) is 60.1 Å². The molecule has 0 spiro atoms. The summed E-state index contributed by atoms with van der Waals surface area (Å²) in [5.74, 6) is 5.42. The summed E-state index contributed by atoms with van der Waals surface area (Å²) in [6, 6.07) is 13.2. The molecule has 1 saturated heterocycles. The smallest absolute Gasteiger partial charge is 0.382 e. The van der Waals surface area contributed by atoms with Crippen molar-refractivity contribution in [1.82, 2.24) is 9.47 Å². The molecule has 2 fully saturated rings. The van der Waals surface area contributed by atoms with Gasteiger partial charge in [0.1, 0.15) is 6.54 Å². The van der Waals surface area contributed by atoms with E-state index in [2.05, 4.69) is 27.4 Å². The van der Waals surface area contributed by atoms with E-state index in [1.807, 2.05) is 6.07 Å². The number of methoxy groups -OCH3 is 1. The molecule has 1 unspecified atom stereocenters. The first-order valence-corrected chi connectivity index (χ1v) is 15.0. The lowest BCUT2D eigenvalue weighted by atomic mass is 9.88. The number of halogens is 3. The molecular formula is C33H40F3N5O2. The van der Waals surface area contributed by atoms with Gasteiger partial charge in [0, 0.05) is 48.1 Å². The fourth-order valence-corrected chi connectivity index (χ4v) is 6.49. The van der Waals surface area contributed by atoms with Crippen LogP contribution in [0.4, 0.5) is 24.5 Å². The third-order valence-corrected chi connectivity index (χ3v) is 8.69. The number of benzene rings is 2. The van der Waals surface area contributed by atoms with Crippen LogP contribution in [0.5, 0.6) is 0 Å². The number of fused-ring (bicyclic) bond motifs is 1. The number of hydrogen-bond acceptors (Lipinski definition) is 5. The molecule has 1 saturated carbocycles. The third-order valence-electron chi connectivity index (χ3n) is 8.69. The molecule has 2 heterocycles. The zero-order valence-corrected chi connectivity index (χ0v) is 24.8. The number of rotatable bonds is 8. The van der Waals surface area contributed by atoms with Crippen molar-refractivity contribution in [3.63, 3.8) is 0 Å². The lowest BCUT2D eigenvalue weighted by molar-refractivity contribution is -0.140. The molecule has 0 radical (unpaired) electrons. The van der Waals surface area contributed by atoms with Crippen LogP contribution >= 0.6 is 0 Å². The molecule has 10 heteroatoms. The lowest BCUT2D eigenvalue weighted by Gasteiger charge is -2.41. The van der Waals surface area contributed by atoms with Crippen LogP contribution in [0, 0.1) is 18.8 Å². The number of piperidine rings is 1. The highest BCUT2D eigenvalue weighted by Crippen LogP contribution is 2.33. The average Bonchev–Trinajstić information content (AvgIpc) is 3.32. The highest BCUT2D eigenvalue weighted by molar-refractivity contribution is 5.95. The Balaban J connectivity index is 1.29. The van der Waals surface area contributed by atoms with Gasteiger partial charge in [0.2, 0.25) is 5.91 Å². The molecule has 7 nitrogen and oxygen atoms in total. The Morgan fingerprint density at radius 1 is 1.12 bits per heavy atom. The monoisotopic (exact) mass is 595 g/mol. The maximum Gasteiger partial charge on any atom is 0.406 e. The topological polar surface area (TPSA) is 84.6 Å². The van der Waals surface area contributed by atoms with Crippen LogP contribution in [0.2, 0.25) is 0 Å². The number of hydrogen-bond donors (Lipinski definition) is 3. The molecule has 1 amide bonds. The van der Waals surface area contributed by atoms with Gasteiger partial charge in [-0.15, -0.1) is 0 Å². The second-order valence-electron chi connectivity index (χ2n) is 11.7. The van der Waals surface area contributed by atoms with E-state index < -0.39 is 18.6 Å². The van der Waals surface area contributed by atoms with E-state index in [0.29, 0.717) is 28.9 Å². The minimum atomic E-state index is -4.39. The van der Waals surface area contributed by atoms with Crippen molar-refractivity contribution in [1.29, 1.82) is 0 Å². The lowest BCUT2D eigenvalue weighted by Crippen LogP contribution is -2.47. The highest BCUT2D eigenvalue weighted by atomic mass is 19.4. The Labute approximate surface area is 250 Å². The molecule has 43 heavy (non-hydrogen) atoms. The van der Waals surface area contributed by atoms with Gasteiger partial charge in [0.25, 0.3) is 0 Å². The van der Waals surface area contributed by atoms with Crippen molar-refractivity contribution in [2.45, 2.75) is 76.4 Å². The quantitative estimate of drug-likeness (QED) is 0.282. The van der Waals surface area contributed by atoms with Crippen LogP contribution < -0.4 is 16.4 Å². The summed E-state index contributed by atoms with van der Waals surface area (Å²) in [7, 11) is 1.79. The van der Waals surface area contributed by atoms with Gasteiger partial charge in [-0.2, -0.15) is 13.2 Å². The van der Waals surface area contributed by atoms with Crippen LogP contribution in [0.3, 0.4) is 0 Å². The number of ether oxygens (including phenoxy) is 1. The van der Waals surface area contributed by atoms with E-state index in [1.165, 1.54) is 11.0 Å². The predicted octanol–water partition coefficient (Wildman–Crippen LogP) is 5.91. The number of amides is 1. The second-order valence-corrected chi connectivity index (χ2v) is 11.7. The zero-order chi connectivity index (χ0) is 30.6. The van der Waals surface area contributed by atoms with E-state index in [0.717, 1.165) is 67.5 Å². The largest absolute Gasteiger partial charge is 0.406 e. The van der Waals surface area contributed by atoms with Crippen LogP contribution in [0.15, 0.2) is 42.5 Å². The van der Waals surface area contributed by atoms with Crippen molar-refractivity contribution in [3.05, 3.63) is 59.3 Å². The number of aromatic nitrogens is 1. The van der Waals surface area contributed by atoms with Crippen molar-refractivity contribution in [2.75, 3.05) is 37.4 Å². The zero-order valence-electron chi connectivity index (χ0n) is 24.8. The Kier molecular flexibility index (Phi) is 9.52. The number of carbonyl (C=O) groups is 1. The van der Waals surface area contributed by atoms with Crippen molar-refractivity contribution >= 4 is 28.2 Å². The molecule has 1 aliphatic carbocycles. The van der Waals surface area contributed by atoms with Crippen molar-refractivity contribution in [3.8, 4) is 11.8 Å². The fourth-order valence-electron chi connectivity index (χ4n) is 6.49. The SMILES string of the molecule is COC1CCCN(C2CCC(Nc3cccc4c3cc(C#CCNc3ccc(C(N)=O)c(C)c3)n4CC(F)(F)F)CC2)C1. The van der Waals surface area contributed by atoms with Crippen molar-refractivity contribution < 1.29 is 22.7 Å². The first kappa shape index (κ1) is 30.8. The van der Waals surface area contributed by atoms with Gasteiger partial charge in [0.15, 0.2) is 0 Å². The molecule has 0 bridgehead atoms. The minimum Gasteiger partial charge on any atom is -0.382 e. The van der Waals surface area contributed by atoms with Gasteiger partial charge in [-0.3, -0.25) is 9.69 Å². The van der Waals surface area contributed by atoms with E-state index in [-0.39, 0.29) is 12.6 Å². The number of alkyl halides is 3. The van der Waals surface area contributed by atoms with Gasteiger partial charge in [-0.1, -0.05) is 12.0 Å². The number of nitrogens with zero attached hydrogens (tertiary/aromatic N) is 2. The summed E-state index contributed by atoms with van der Waals surface area (Å²) in [5.41, 5.74) is 8.94. The molecule has 4 N–H and O–H groups in total. The maximum atomic E-state index is 13.6. The second kappa shape index (κ2) is 13.3. The van der Waals surface area contributed by atoms with Gasteiger partial charge >= 0.3 is 6.18 Å². The number of nitrogens with two attached hydrogens (primary N) is 1. The summed E-state index contributed by atoms with van der Waals surface area (Å²) in [6.45, 7) is 3.00. The van der Waals surface area contributed by atoms with Gasteiger partial charge < -0.3 is 25.7 Å². The van der Waals surface area contributed by atoms with Gasteiger partial charge in [-0.05, 0) is 99.9 Å². The number of aryl methyl sites for hydroxylation is 1. The Morgan fingerprint density at radius 2 is 1.91 bits per heavy atom. The van der Waals surface area contributed by atoms with Crippen LogP contribution in [-0.2, 0) is 11.3 Å². The molecule has 1 atom stereocenters. The van der Waals surface area contributed by atoms with Crippen LogP contribution in [0.25, 0.3) is 10.9 Å². The normalized spacial score (nSPS) is 21.3. The summed E-state index contributed by atoms with van der Waals surface area (Å²) in [6.07, 6.45) is 2.41. The van der Waals surface area contributed by atoms with E-state index >= 15 is 0 Å². The first-order valence-electron chi connectivity index (χ1n) is 15.0. The fraction of sp³-hybridized carbons (Fsp3) is 0.485. The molecule has 2 aliphatic rings. The maximum absolute atomic E-state index is 13.6. The van der Waals surface area contributed by atoms with Crippen molar-refractivity contribution in [2.24, 2.45) is 5.73 Å². The summed E-state index contributed by atoms with van der Waals surface area (Å²) < 4.78 is 47.8. The van der Waals surface area contributed by atoms with E-state index in [9.17, 15) is 18.0 Å². The molecule has 230 valence electrons. The Morgan fingerprint density at radius 3 is 2.60 bits per heavy atom. The molecule has 1 aromatic heterocycles. The molecule has 2 aromatic carbocycles. The summed E-state index contributed by atoms with van der Waals surface area (Å²) in [5, 5.41) is 7.53. The molecule has 1 aliphatic heterocycles. The molecule has 3 aromatic rings. The molecular weight excluding hydrogens is 555 g/mol. The number of likely N-dealkylation sites (tertiary alicyclic amines) is 1. The van der Waals surface area contributed by atoms with Gasteiger partial charge in [0.05, 0.1) is 23.9 Å². The number of primary amides is 1. The molecule has 5 rings (SSSR count). The van der Waals surface area contributed by atoms with Gasteiger partial charge in [-0.25, -0.2) is 0 Å². The van der Waals surface area contributed by atoms with E-state index in [1.54, 1.807) is 50.4 Å².